The Morgan fingerprint density at radius 3 is 2.47 bits per heavy atom. The molecule has 6 heteroatoms. The van der Waals surface area contributed by atoms with Crippen LogP contribution in [0.25, 0.3) is 0 Å². The summed E-state index contributed by atoms with van der Waals surface area (Å²) in [5.74, 6) is -0.516. The molecule has 15 heavy (non-hydrogen) atoms. The van der Waals surface area contributed by atoms with Crippen molar-refractivity contribution in [3.05, 3.63) is 0 Å². The van der Waals surface area contributed by atoms with Gasteiger partial charge in [-0.15, -0.1) is 11.6 Å². The average molecular weight is 237 g/mol. The monoisotopic (exact) mass is 236 g/mol. The van der Waals surface area contributed by atoms with Gasteiger partial charge in [0.2, 0.25) is 5.91 Å². The molecular formula is C9H17ClN2O3. The first-order valence-corrected chi connectivity index (χ1v) is 5.24. The summed E-state index contributed by atoms with van der Waals surface area (Å²) in [4.78, 5) is 22.2. The third-order valence-electron chi connectivity index (χ3n) is 1.55. The van der Waals surface area contributed by atoms with Gasteiger partial charge in [0.05, 0.1) is 12.6 Å². The number of alkyl halides is 1. The maximum absolute atomic E-state index is 11.2. The van der Waals surface area contributed by atoms with E-state index in [9.17, 15) is 9.59 Å². The van der Waals surface area contributed by atoms with E-state index >= 15 is 0 Å². The Labute approximate surface area is 94.5 Å². The lowest BCUT2D eigenvalue weighted by atomic mass is 10.4. The van der Waals surface area contributed by atoms with E-state index in [1.807, 2.05) is 6.92 Å². The van der Waals surface area contributed by atoms with Gasteiger partial charge in [0.25, 0.3) is 0 Å². The highest BCUT2D eigenvalue weighted by Gasteiger charge is 2.14. The Morgan fingerprint density at radius 2 is 2.00 bits per heavy atom. The quantitative estimate of drug-likeness (QED) is 0.696. The highest BCUT2D eigenvalue weighted by Crippen LogP contribution is 1.92. The van der Waals surface area contributed by atoms with Crippen LogP contribution in [0.5, 0.6) is 0 Å². The topological polar surface area (TPSA) is 67.4 Å². The molecular weight excluding hydrogens is 220 g/mol. The fourth-order valence-electron chi connectivity index (χ4n) is 0.808. The Kier molecular flexibility index (Phi) is 7.07. The number of nitrogens with one attached hydrogen (secondary N) is 2. The maximum Gasteiger partial charge on any atom is 0.321 e. The van der Waals surface area contributed by atoms with Crippen molar-refractivity contribution in [2.75, 3.05) is 13.2 Å². The van der Waals surface area contributed by atoms with E-state index in [0.29, 0.717) is 13.2 Å². The van der Waals surface area contributed by atoms with Crippen molar-refractivity contribution in [1.29, 1.82) is 0 Å². The lowest BCUT2D eigenvalue weighted by Gasteiger charge is -2.14. The molecule has 0 aromatic carbocycles. The van der Waals surface area contributed by atoms with Crippen LogP contribution in [0.2, 0.25) is 0 Å². The minimum absolute atomic E-state index is 0.150. The minimum Gasteiger partial charge on any atom is -0.380 e. The summed E-state index contributed by atoms with van der Waals surface area (Å²) in [6.45, 7) is 6.14. The summed E-state index contributed by atoms with van der Waals surface area (Å²) < 4.78 is 5.10. The molecule has 0 aromatic rings. The van der Waals surface area contributed by atoms with Crippen molar-refractivity contribution < 1.29 is 14.3 Å². The van der Waals surface area contributed by atoms with Crippen molar-refractivity contribution >= 4 is 23.5 Å². The smallest absolute Gasteiger partial charge is 0.321 e. The lowest BCUT2D eigenvalue weighted by molar-refractivity contribution is -0.119. The van der Waals surface area contributed by atoms with E-state index in [0.717, 1.165) is 0 Å². The molecule has 0 bridgehead atoms. The number of ether oxygens (including phenoxy) is 1. The molecule has 5 nitrogen and oxygen atoms in total. The molecule has 0 saturated carbocycles. The van der Waals surface area contributed by atoms with Gasteiger partial charge in [-0.2, -0.15) is 0 Å². The molecule has 0 rings (SSSR count). The van der Waals surface area contributed by atoms with Crippen LogP contribution in [0, 0.1) is 0 Å². The van der Waals surface area contributed by atoms with Crippen LogP contribution in [0.4, 0.5) is 4.79 Å². The fraction of sp³-hybridized carbons (Fsp3) is 0.778. The third-order valence-corrected chi connectivity index (χ3v) is 1.75. The highest BCUT2D eigenvalue weighted by molar-refractivity contribution is 6.31. The van der Waals surface area contributed by atoms with Gasteiger partial charge in [-0.25, -0.2) is 4.79 Å². The summed E-state index contributed by atoms with van der Waals surface area (Å²) in [5.41, 5.74) is 0. The first-order chi connectivity index (χ1) is 6.97. The van der Waals surface area contributed by atoms with Gasteiger partial charge in [-0.1, -0.05) is 0 Å². The van der Waals surface area contributed by atoms with Crippen LogP contribution in [0.15, 0.2) is 0 Å². The second-order valence-corrected chi connectivity index (χ2v) is 3.79. The number of amides is 3. The number of imide groups is 1. The molecule has 2 atom stereocenters. The van der Waals surface area contributed by atoms with Crippen LogP contribution < -0.4 is 10.6 Å². The normalized spacial score (nSPS) is 14.1. The molecule has 2 unspecified atom stereocenters. The fourth-order valence-corrected chi connectivity index (χ4v) is 0.862. The third kappa shape index (κ3) is 7.16. The molecule has 0 aliphatic rings. The molecule has 0 heterocycles. The second-order valence-electron chi connectivity index (χ2n) is 3.14. The van der Waals surface area contributed by atoms with Crippen molar-refractivity contribution in [2.24, 2.45) is 0 Å². The van der Waals surface area contributed by atoms with Crippen molar-refractivity contribution in [1.82, 2.24) is 10.6 Å². The van der Waals surface area contributed by atoms with E-state index < -0.39 is 17.3 Å². The van der Waals surface area contributed by atoms with Crippen molar-refractivity contribution in [3.8, 4) is 0 Å². The molecule has 0 aromatic heterocycles. The zero-order chi connectivity index (χ0) is 11.8. The molecule has 2 N–H and O–H groups in total. The lowest BCUT2D eigenvalue weighted by Crippen LogP contribution is -2.46. The van der Waals surface area contributed by atoms with Gasteiger partial charge in [0, 0.05) is 6.61 Å². The summed E-state index contributed by atoms with van der Waals surface area (Å²) in [7, 11) is 0. The molecule has 3 amide bonds. The van der Waals surface area contributed by atoms with Gasteiger partial charge >= 0.3 is 6.03 Å². The minimum atomic E-state index is -0.724. The summed E-state index contributed by atoms with van der Waals surface area (Å²) >= 11 is 5.48. The first-order valence-electron chi connectivity index (χ1n) is 4.80. The Bertz CT molecular complexity index is 221. The first kappa shape index (κ1) is 14.2. The highest BCUT2D eigenvalue weighted by atomic mass is 35.5. The van der Waals surface area contributed by atoms with Gasteiger partial charge < -0.3 is 10.1 Å². The molecule has 0 fully saturated rings. The number of carbonyl (C=O) groups excluding carboxylic acids is 2. The predicted molar refractivity (Wildman–Crippen MR) is 57.9 cm³/mol. The Hall–Kier alpha value is -0.810. The zero-order valence-electron chi connectivity index (χ0n) is 9.17. The number of rotatable bonds is 5. The van der Waals surface area contributed by atoms with Crippen LogP contribution in [0.1, 0.15) is 20.8 Å². The Morgan fingerprint density at radius 1 is 1.40 bits per heavy atom. The summed E-state index contributed by atoms with van der Waals surface area (Å²) in [6, 6.07) is -0.705. The number of carbonyl (C=O) groups is 2. The molecule has 0 aliphatic heterocycles. The summed E-state index contributed by atoms with van der Waals surface area (Å²) in [6.07, 6.45) is 0. The standard InChI is InChI=1S/C9H17ClN2O3/c1-4-15-5-6(2)11-9(14)12-8(13)7(3)10/h6-7H,4-5H2,1-3H3,(H2,11,12,13,14). The number of hydrogen-bond acceptors (Lipinski definition) is 3. The van der Waals surface area contributed by atoms with Crippen LogP contribution in [-0.2, 0) is 9.53 Å². The van der Waals surface area contributed by atoms with E-state index in [-0.39, 0.29) is 6.04 Å². The average Bonchev–Trinajstić information content (AvgIpc) is 2.14. The zero-order valence-corrected chi connectivity index (χ0v) is 9.93. The van der Waals surface area contributed by atoms with Crippen molar-refractivity contribution in [3.63, 3.8) is 0 Å². The van der Waals surface area contributed by atoms with Crippen molar-refractivity contribution in [2.45, 2.75) is 32.2 Å². The van der Waals surface area contributed by atoms with Gasteiger partial charge in [-0.05, 0) is 20.8 Å². The van der Waals surface area contributed by atoms with E-state index in [4.69, 9.17) is 16.3 Å². The van der Waals surface area contributed by atoms with Gasteiger partial charge in [-0.3, -0.25) is 10.1 Å². The Balaban J connectivity index is 3.78. The number of urea groups is 1. The maximum atomic E-state index is 11.2. The van der Waals surface area contributed by atoms with E-state index in [2.05, 4.69) is 10.6 Å². The molecule has 88 valence electrons. The number of hydrogen-bond donors (Lipinski definition) is 2. The van der Waals surface area contributed by atoms with Gasteiger partial charge in [0.15, 0.2) is 0 Å². The van der Waals surface area contributed by atoms with E-state index in [1.54, 1.807) is 6.92 Å². The van der Waals surface area contributed by atoms with Crippen LogP contribution in [-0.4, -0.2) is 36.6 Å². The molecule has 0 aliphatic carbocycles. The SMILES string of the molecule is CCOCC(C)NC(=O)NC(=O)C(C)Cl. The summed E-state index contributed by atoms with van der Waals surface area (Å²) in [5, 5.41) is 3.93. The van der Waals surface area contributed by atoms with E-state index in [1.165, 1.54) is 6.92 Å². The van der Waals surface area contributed by atoms with Crippen LogP contribution in [0.3, 0.4) is 0 Å². The molecule has 0 radical (unpaired) electrons. The predicted octanol–water partition coefficient (Wildman–Crippen LogP) is 0.865. The van der Waals surface area contributed by atoms with Crippen LogP contribution >= 0.6 is 11.6 Å². The largest absolute Gasteiger partial charge is 0.380 e. The molecule has 0 spiro atoms. The second kappa shape index (κ2) is 7.48. The number of halogens is 1. The molecule has 0 saturated heterocycles. The van der Waals surface area contributed by atoms with Gasteiger partial charge in [0.1, 0.15) is 5.38 Å².